The molecule has 33 heavy (non-hydrogen) atoms. The molecule has 1 spiro atoms. The minimum absolute atomic E-state index is 0.207. The van der Waals surface area contributed by atoms with Crippen molar-refractivity contribution in [2.75, 3.05) is 36.5 Å². The Bertz CT molecular complexity index is 1210. The van der Waals surface area contributed by atoms with Crippen LogP contribution in [0.5, 0.6) is 0 Å². The minimum atomic E-state index is -4.40. The van der Waals surface area contributed by atoms with E-state index in [1.54, 1.807) is 6.07 Å². The fourth-order valence-electron chi connectivity index (χ4n) is 4.92. The number of rotatable bonds is 4. The van der Waals surface area contributed by atoms with Crippen LogP contribution >= 0.6 is 0 Å². The molecule has 0 radical (unpaired) electrons. The van der Waals surface area contributed by atoms with E-state index in [0.717, 1.165) is 55.4 Å². The number of nitrogens with one attached hydrogen (secondary N) is 1. The number of ether oxygens (including phenoxy) is 1. The minimum Gasteiger partial charge on any atom is -0.380 e. The number of halogens is 3. The topological polar surface area (TPSA) is 63.2 Å². The van der Waals surface area contributed by atoms with E-state index < -0.39 is 17.8 Å². The number of nitrogens with zero attached hydrogens (tertiary/aromatic N) is 4. The van der Waals surface area contributed by atoms with Crippen LogP contribution in [-0.2, 0) is 10.9 Å². The predicted octanol–water partition coefficient (Wildman–Crippen LogP) is 5.06. The van der Waals surface area contributed by atoms with Crippen molar-refractivity contribution in [3.63, 3.8) is 0 Å². The van der Waals surface area contributed by atoms with Crippen LogP contribution in [0.4, 0.5) is 24.7 Å². The van der Waals surface area contributed by atoms with Gasteiger partial charge in [0.1, 0.15) is 0 Å². The summed E-state index contributed by atoms with van der Waals surface area (Å²) in [5.74, 6) is 0.509. The summed E-state index contributed by atoms with van der Waals surface area (Å²) in [6, 6.07) is 5.91. The molecule has 3 aromatic rings. The number of alkyl halides is 3. The number of pyridine rings is 1. The highest BCUT2D eigenvalue weighted by Gasteiger charge is 2.44. The highest BCUT2D eigenvalue weighted by Crippen LogP contribution is 2.40. The van der Waals surface area contributed by atoms with Crippen LogP contribution in [0.25, 0.3) is 10.9 Å². The van der Waals surface area contributed by atoms with E-state index in [2.05, 4.69) is 31.5 Å². The number of hydrogen-bond acceptors (Lipinski definition) is 6. The molecule has 9 heteroatoms. The third-order valence-electron chi connectivity index (χ3n) is 6.89. The molecule has 0 bridgehead atoms. The number of benzene rings is 1. The normalized spacial score (nSPS) is 18.5. The Labute approximate surface area is 190 Å². The summed E-state index contributed by atoms with van der Waals surface area (Å²) in [4.78, 5) is 6.97. The van der Waals surface area contributed by atoms with E-state index in [1.165, 1.54) is 13.0 Å². The highest BCUT2D eigenvalue weighted by atomic mass is 19.4. The van der Waals surface area contributed by atoms with Crippen LogP contribution in [-0.4, -0.2) is 41.5 Å². The lowest BCUT2D eigenvalue weighted by molar-refractivity contribution is -0.138. The zero-order valence-electron chi connectivity index (χ0n) is 18.8. The second-order valence-electron chi connectivity index (χ2n) is 9.27. The van der Waals surface area contributed by atoms with Crippen molar-refractivity contribution in [3.05, 3.63) is 52.8 Å². The molecule has 0 amide bonds. The maximum Gasteiger partial charge on any atom is 0.416 e. The van der Waals surface area contributed by atoms with Crippen molar-refractivity contribution in [3.8, 4) is 0 Å². The first-order valence-corrected chi connectivity index (χ1v) is 11.1. The Morgan fingerprint density at radius 2 is 1.97 bits per heavy atom. The summed E-state index contributed by atoms with van der Waals surface area (Å²) in [7, 11) is 0. The predicted molar refractivity (Wildman–Crippen MR) is 120 cm³/mol. The second-order valence-corrected chi connectivity index (χ2v) is 9.27. The summed E-state index contributed by atoms with van der Waals surface area (Å²) in [6.45, 7) is 8.65. The number of fused-ring (bicyclic) bond motifs is 1. The van der Waals surface area contributed by atoms with Gasteiger partial charge in [-0.1, -0.05) is 12.1 Å². The van der Waals surface area contributed by atoms with Crippen LogP contribution in [0.2, 0.25) is 0 Å². The lowest BCUT2D eigenvalue weighted by Crippen LogP contribution is -2.44. The Kier molecular flexibility index (Phi) is 5.19. The van der Waals surface area contributed by atoms with Gasteiger partial charge in [-0.25, -0.2) is 0 Å². The molecule has 5 rings (SSSR count). The number of hydrogen-bond donors (Lipinski definition) is 1. The maximum absolute atomic E-state index is 13.4. The Balaban J connectivity index is 1.48. The summed E-state index contributed by atoms with van der Waals surface area (Å²) < 4.78 is 45.6. The molecular formula is C24H26F3N5O. The first-order chi connectivity index (χ1) is 15.7. The van der Waals surface area contributed by atoms with Crippen molar-refractivity contribution in [2.45, 2.75) is 39.4 Å². The maximum atomic E-state index is 13.4. The molecule has 2 fully saturated rings. The van der Waals surface area contributed by atoms with E-state index in [0.29, 0.717) is 17.1 Å². The molecule has 0 unspecified atom stereocenters. The average Bonchev–Trinajstić information content (AvgIpc) is 3.21. The summed E-state index contributed by atoms with van der Waals surface area (Å²) in [6.07, 6.45) is -1.44. The molecule has 1 aromatic carbocycles. The van der Waals surface area contributed by atoms with Gasteiger partial charge in [-0.3, -0.25) is 4.98 Å². The van der Waals surface area contributed by atoms with Crippen molar-refractivity contribution in [1.82, 2.24) is 15.2 Å². The van der Waals surface area contributed by atoms with Gasteiger partial charge in [0.05, 0.1) is 47.9 Å². The Hall–Kier alpha value is -2.94. The van der Waals surface area contributed by atoms with Crippen LogP contribution in [0, 0.1) is 19.3 Å². The first-order valence-electron chi connectivity index (χ1n) is 11.1. The number of aromatic nitrogens is 3. The van der Waals surface area contributed by atoms with E-state index >= 15 is 0 Å². The van der Waals surface area contributed by atoms with Crippen LogP contribution in [0.15, 0.2) is 30.5 Å². The lowest BCUT2D eigenvalue weighted by Gasteiger charge is -2.37. The molecule has 0 saturated carbocycles. The van der Waals surface area contributed by atoms with Gasteiger partial charge < -0.3 is 15.0 Å². The molecule has 1 atom stereocenters. The fourth-order valence-corrected chi connectivity index (χ4v) is 4.92. The van der Waals surface area contributed by atoms with E-state index in [-0.39, 0.29) is 11.0 Å². The van der Waals surface area contributed by atoms with Crippen molar-refractivity contribution in [1.29, 1.82) is 0 Å². The van der Waals surface area contributed by atoms with Gasteiger partial charge in [0.25, 0.3) is 0 Å². The molecular weight excluding hydrogens is 431 g/mol. The van der Waals surface area contributed by atoms with E-state index in [4.69, 9.17) is 4.74 Å². The molecule has 2 aromatic heterocycles. The van der Waals surface area contributed by atoms with Crippen molar-refractivity contribution >= 4 is 22.4 Å². The summed E-state index contributed by atoms with van der Waals surface area (Å²) in [5.41, 5.74) is 2.83. The smallest absolute Gasteiger partial charge is 0.380 e. The highest BCUT2D eigenvalue weighted by molar-refractivity contribution is 5.92. The molecule has 2 aliphatic rings. The molecule has 2 saturated heterocycles. The summed E-state index contributed by atoms with van der Waals surface area (Å²) in [5, 5.41) is 12.6. The molecule has 1 N–H and O–H groups in total. The molecule has 6 nitrogen and oxygen atoms in total. The second kappa shape index (κ2) is 7.83. The third-order valence-corrected chi connectivity index (χ3v) is 6.89. The first kappa shape index (κ1) is 21.9. The van der Waals surface area contributed by atoms with Gasteiger partial charge in [0.2, 0.25) is 0 Å². The molecule has 2 aliphatic heterocycles. The van der Waals surface area contributed by atoms with Crippen LogP contribution in [0.1, 0.15) is 41.8 Å². The van der Waals surface area contributed by atoms with Gasteiger partial charge in [-0.2, -0.15) is 18.3 Å². The van der Waals surface area contributed by atoms with E-state index in [1.807, 2.05) is 20.0 Å². The van der Waals surface area contributed by atoms with Gasteiger partial charge >= 0.3 is 6.18 Å². The molecule has 0 aliphatic carbocycles. The van der Waals surface area contributed by atoms with Crippen LogP contribution < -0.4 is 10.2 Å². The van der Waals surface area contributed by atoms with Crippen molar-refractivity contribution < 1.29 is 17.9 Å². The largest absolute Gasteiger partial charge is 0.416 e. The Morgan fingerprint density at radius 3 is 2.64 bits per heavy atom. The standard InChI is InChI=1S/C24H26F3N5O/c1-14-18(5-4-6-20(14)24(25,26)27)15(2)29-22-19-9-17(10-28-21(19)16(3)30-31-22)32-8-7-23(11-32)12-33-13-23/h4-6,9-10,15H,7-8,11-13H2,1-3H3,(H,29,31)/t15-/m1/s1. The quantitative estimate of drug-likeness (QED) is 0.591. The lowest BCUT2D eigenvalue weighted by atomic mass is 9.85. The molecule has 4 heterocycles. The third kappa shape index (κ3) is 3.88. The zero-order valence-corrected chi connectivity index (χ0v) is 18.8. The van der Waals surface area contributed by atoms with Crippen LogP contribution in [0.3, 0.4) is 0 Å². The SMILES string of the molecule is Cc1c([C@@H](C)Nc2nnc(C)c3ncc(N4CCC5(COC5)C4)cc23)cccc1C(F)(F)F. The summed E-state index contributed by atoms with van der Waals surface area (Å²) >= 11 is 0. The monoisotopic (exact) mass is 457 g/mol. The molecule has 174 valence electrons. The van der Waals surface area contributed by atoms with Gasteiger partial charge in [-0.05, 0) is 50.5 Å². The van der Waals surface area contributed by atoms with Crippen molar-refractivity contribution in [2.24, 2.45) is 5.41 Å². The van der Waals surface area contributed by atoms with Gasteiger partial charge in [0, 0.05) is 23.9 Å². The Morgan fingerprint density at radius 1 is 1.18 bits per heavy atom. The zero-order chi connectivity index (χ0) is 23.4. The van der Waals surface area contributed by atoms with Gasteiger partial charge in [0.15, 0.2) is 5.82 Å². The van der Waals surface area contributed by atoms with Gasteiger partial charge in [-0.15, -0.1) is 5.10 Å². The van der Waals surface area contributed by atoms with E-state index in [9.17, 15) is 13.2 Å². The number of anilines is 2. The average molecular weight is 458 g/mol. The fraction of sp³-hybridized carbons (Fsp3) is 0.458. The number of aryl methyl sites for hydroxylation is 1.